The average Bonchev–Trinajstić information content (AvgIpc) is 2.79. The van der Waals surface area contributed by atoms with Crippen LogP contribution >= 0.6 is 0 Å². The van der Waals surface area contributed by atoms with E-state index in [0.29, 0.717) is 30.0 Å². The van der Waals surface area contributed by atoms with Crippen LogP contribution < -0.4 is 0 Å². The van der Waals surface area contributed by atoms with Gasteiger partial charge in [-0.15, -0.1) is 0 Å². The van der Waals surface area contributed by atoms with Gasteiger partial charge in [-0.25, -0.2) is 0 Å². The zero-order chi connectivity index (χ0) is 15.7. The summed E-state index contributed by atoms with van der Waals surface area (Å²) in [6.07, 6.45) is 8.43. The molecule has 5 atom stereocenters. The molecule has 118 valence electrons. The van der Waals surface area contributed by atoms with Gasteiger partial charge in [0.05, 0.1) is 0 Å². The van der Waals surface area contributed by atoms with Crippen LogP contribution in [0.4, 0.5) is 0 Å². The van der Waals surface area contributed by atoms with Gasteiger partial charge >= 0.3 is 0 Å². The monoisotopic (exact) mass is 299 g/mol. The van der Waals surface area contributed by atoms with Crippen LogP contribution in [0.3, 0.4) is 0 Å². The fraction of sp³-hybridized carbons (Fsp3) is 0.737. The van der Waals surface area contributed by atoms with E-state index in [9.17, 15) is 9.59 Å². The largest absolute Gasteiger partial charge is 0.299 e. The molecule has 3 heteroatoms. The molecule has 4 aliphatic rings. The van der Waals surface area contributed by atoms with Crippen molar-refractivity contribution in [3.63, 3.8) is 0 Å². The summed E-state index contributed by atoms with van der Waals surface area (Å²) in [7, 11) is 0. The first-order valence-electron chi connectivity index (χ1n) is 8.74. The maximum Gasteiger partial charge on any atom is 0.180 e. The fourth-order valence-electron chi connectivity index (χ4n) is 6.22. The fourth-order valence-corrected chi connectivity index (χ4v) is 6.22. The van der Waals surface area contributed by atoms with E-state index in [-0.39, 0.29) is 22.3 Å². The lowest BCUT2D eigenvalue weighted by molar-refractivity contribution is -0.131. The Kier molecular flexibility index (Phi) is 2.87. The molecule has 0 spiro atoms. The molecular formula is C19H25NO2. The highest BCUT2D eigenvalue weighted by molar-refractivity contribution is 6.46. The molecule has 0 aromatic carbocycles. The zero-order valence-corrected chi connectivity index (χ0v) is 13.6. The Balaban J connectivity index is 1.74. The molecule has 0 heterocycles. The van der Waals surface area contributed by atoms with Gasteiger partial charge in [-0.1, -0.05) is 19.9 Å². The number of carbonyl (C=O) groups is 2. The third-order valence-electron chi connectivity index (χ3n) is 7.59. The summed E-state index contributed by atoms with van der Waals surface area (Å²) in [5, 5.41) is 8.20. The Bertz CT molecular complexity index is 619. The van der Waals surface area contributed by atoms with Crippen molar-refractivity contribution in [2.75, 3.05) is 0 Å². The minimum Gasteiger partial charge on any atom is -0.299 e. The third-order valence-corrected chi connectivity index (χ3v) is 7.59. The normalized spacial score (nSPS) is 47.6. The van der Waals surface area contributed by atoms with Gasteiger partial charge in [0.15, 0.2) is 5.78 Å². The smallest absolute Gasteiger partial charge is 0.180 e. The van der Waals surface area contributed by atoms with Crippen LogP contribution in [-0.4, -0.2) is 17.3 Å². The molecule has 4 rings (SSSR count). The Morgan fingerprint density at radius 3 is 2.55 bits per heavy atom. The molecule has 0 saturated heterocycles. The number of ketones is 2. The number of allylic oxidation sites excluding steroid dienone is 2. The van der Waals surface area contributed by atoms with E-state index in [4.69, 9.17) is 5.41 Å². The van der Waals surface area contributed by atoms with Crippen LogP contribution in [0, 0.1) is 34.0 Å². The van der Waals surface area contributed by atoms with E-state index in [1.54, 1.807) is 0 Å². The van der Waals surface area contributed by atoms with Crippen molar-refractivity contribution in [3.05, 3.63) is 11.6 Å². The van der Waals surface area contributed by atoms with E-state index < -0.39 is 0 Å². The highest BCUT2D eigenvalue weighted by Gasteiger charge is 2.59. The number of Topliss-reactive ketones (excluding diaryl/α,β-unsaturated/α-hetero) is 2. The summed E-state index contributed by atoms with van der Waals surface area (Å²) in [5.74, 6) is 2.12. The Labute approximate surface area is 132 Å². The summed E-state index contributed by atoms with van der Waals surface area (Å²) < 4.78 is 0. The summed E-state index contributed by atoms with van der Waals surface area (Å²) in [4.78, 5) is 24.3. The molecule has 3 nitrogen and oxygen atoms in total. The second-order valence-electron chi connectivity index (χ2n) is 8.36. The van der Waals surface area contributed by atoms with Crippen LogP contribution in [0.15, 0.2) is 11.6 Å². The summed E-state index contributed by atoms with van der Waals surface area (Å²) in [6, 6.07) is 0. The van der Waals surface area contributed by atoms with Crippen LogP contribution in [0.2, 0.25) is 0 Å². The van der Waals surface area contributed by atoms with Crippen molar-refractivity contribution in [1.29, 1.82) is 5.41 Å². The standard InChI is InChI=1S/C19H25NO2/c1-18-10-8-15(21)17(20)14(18)4-3-11-12-5-6-16(22)19(12,2)9-7-13(11)18/h4,11-13,20H,3,5-10H2,1-2H3. The molecule has 3 fully saturated rings. The average molecular weight is 299 g/mol. The third kappa shape index (κ3) is 1.60. The first-order chi connectivity index (χ1) is 10.4. The SMILES string of the molecule is CC12CCC3C(CC=C4C(=N)C(=O)CCC43C)C1CCC2=O. The first-order valence-corrected chi connectivity index (χ1v) is 8.74. The molecule has 5 unspecified atom stereocenters. The number of rotatable bonds is 0. The lowest BCUT2D eigenvalue weighted by atomic mass is 9.48. The number of carbonyl (C=O) groups excluding carboxylic acids is 2. The highest BCUT2D eigenvalue weighted by Crippen LogP contribution is 2.63. The van der Waals surface area contributed by atoms with Crippen LogP contribution in [0.25, 0.3) is 0 Å². The van der Waals surface area contributed by atoms with Gasteiger partial charge < -0.3 is 0 Å². The van der Waals surface area contributed by atoms with Crippen LogP contribution in [-0.2, 0) is 9.59 Å². The zero-order valence-electron chi connectivity index (χ0n) is 13.6. The van der Waals surface area contributed by atoms with Crippen LogP contribution in [0.1, 0.15) is 58.8 Å². The molecule has 0 aromatic rings. The first kappa shape index (κ1) is 14.3. The lowest BCUT2D eigenvalue weighted by Gasteiger charge is -2.55. The molecule has 0 aliphatic heterocycles. The van der Waals surface area contributed by atoms with Gasteiger partial charge in [0.2, 0.25) is 0 Å². The highest BCUT2D eigenvalue weighted by atomic mass is 16.1. The summed E-state index contributed by atoms with van der Waals surface area (Å²) in [5.41, 5.74) is 1.17. The number of fused-ring (bicyclic) bond motifs is 5. The number of nitrogens with one attached hydrogen (secondary N) is 1. The Morgan fingerprint density at radius 1 is 1.05 bits per heavy atom. The minimum absolute atomic E-state index is 0.0128. The van der Waals surface area contributed by atoms with Crippen molar-refractivity contribution in [1.82, 2.24) is 0 Å². The lowest BCUT2D eigenvalue weighted by Crippen LogP contribution is -2.51. The van der Waals surface area contributed by atoms with Gasteiger partial charge in [0.25, 0.3) is 0 Å². The number of hydrogen-bond donors (Lipinski definition) is 1. The molecule has 4 aliphatic carbocycles. The quantitative estimate of drug-likeness (QED) is 0.741. The predicted molar refractivity (Wildman–Crippen MR) is 84.8 cm³/mol. The molecule has 0 amide bonds. The predicted octanol–water partition coefficient (Wildman–Crippen LogP) is 3.72. The topological polar surface area (TPSA) is 58.0 Å². The molecule has 1 N–H and O–H groups in total. The van der Waals surface area contributed by atoms with Gasteiger partial charge in [-0.05, 0) is 60.8 Å². The van der Waals surface area contributed by atoms with Gasteiger partial charge in [0.1, 0.15) is 11.5 Å². The van der Waals surface area contributed by atoms with Crippen molar-refractivity contribution in [2.24, 2.45) is 28.6 Å². The second-order valence-corrected chi connectivity index (χ2v) is 8.36. The molecule has 0 radical (unpaired) electrons. The van der Waals surface area contributed by atoms with Crippen LogP contribution in [0.5, 0.6) is 0 Å². The van der Waals surface area contributed by atoms with Crippen molar-refractivity contribution in [3.8, 4) is 0 Å². The molecule has 3 saturated carbocycles. The van der Waals surface area contributed by atoms with E-state index in [0.717, 1.165) is 44.1 Å². The molecular weight excluding hydrogens is 274 g/mol. The van der Waals surface area contributed by atoms with Crippen molar-refractivity contribution < 1.29 is 9.59 Å². The van der Waals surface area contributed by atoms with Gasteiger partial charge in [-0.3, -0.25) is 15.0 Å². The minimum atomic E-state index is -0.0964. The van der Waals surface area contributed by atoms with Gasteiger partial charge in [-0.2, -0.15) is 0 Å². The second kappa shape index (κ2) is 4.39. The molecule has 0 aromatic heterocycles. The Morgan fingerprint density at radius 2 is 1.77 bits per heavy atom. The summed E-state index contributed by atoms with van der Waals surface area (Å²) in [6.45, 7) is 4.47. The van der Waals surface area contributed by atoms with E-state index >= 15 is 0 Å². The van der Waals surface area contributed by atoms with E-state index in [1.165, 1.54) is 0 Å². The van der Waals surface area contributed by atoms with E-state index in [1.807, 2.05) is 0 Å². The summed E-state index contributed by atoms with van der Waals surface area (Å²) >= 11 is 0. The maximum absolute atomic E-state index is 12.4. The van der Waals surface area contributed by atoms with E-state index in [2.05, 4.69) is 19.9 Å². The Hall–Kier alpha value is -1.25. The van der Waals surface area contributed by atoms with Crippen molar-refractivity contribution in [2.45, 2.75) is 58.8 Å². The van der Waals surface area contributed by atoms with Crippen molar-refractivity contribution >= 4 is 17.3 Å². The molecule has 22 heavy (non-hydrogen) atoms. The number of hydrogen-bond acceptors (Lipinski definition) is 3. The van der Waals surface area contributed by atoms with Gasteiger partial charge in [0, 0.05) is 18.3 Å². The molecule has 0 bridgehead atoms. The maximum atomic E-state index is 12.4.